The van der Waals surface area contributed by atoms with E-state index in [0.717, 1.165) is 0 Å². The minimum absolute atomic E-state index is 0. The Morgan fingerprint density at radius 2 is 0.529 bits per heavy atom. The number of carbonyl (C=O) groups is 4. The van der Waals surface area contributed by atoms with Crippen LogP contribution >= 0.6 is 0 Å². The van der Waals surface area contributed by atoms with Gasteiger partial charge in [0.2, 0.25) is 0 Å². The van der Waals surface area contributed by atoms with Crippen LogP contribution in [0.15, 0.2) is 0 Å². The average molecular weight is 288 g/mol. The first kappa shape index (κ1) is 29.3. The monoisotopic (exact) mass is 288 g/mol. The topological polar surface area (TPSA) is 265 Å². The number of rotatable bonds is 0. The van der Waals surface area contributed by atoms with Crippen molar-refractivity contribution in [2.45, 2.75) is 0 Å². The Kier molecular flexibility index (Phi) is 40.6. The fourth-order valence-corrected chi connectivity index (χ4v) is 0. The van der Waals surface area contributed by atoms with Crippen LogP contribution in [-0.4, -0.2) is 24.4 Å². The second kappa shape index (κ2) is 23.5. The predicted octanol–water partition coefficient (Wildman–Crippen LogP) is -6.85. The largest absolute Gasteiger partial charge is 4.00 e. The summed E-state index contributed by atoms with van der Waals surface area (Å²) in [6.45, 7) is 0. The molecule has 12 nitrogen and oxygen atoms in total. The molecule has 0 bridgehead atoms. The summed E-state index contributed by atoms with van der Waals surface area (Å²) in [5.41, 5.74) is 15.7. The van der Waals surface area contributed by atoms with Crippen LogP contribution in [0.1, 0.15) is 0 Å². The Balaban J connectivity index is -0.0000000369. The molecule has 0 rings (SSSR count). The average Bonchev–Trinajstić information content (AvgIpc) is 1.76. The first-order valence-electron chi connectivity index (χ1n) is 2.79. The number of amides is 4. The molecule has 0 saturated heterocycles. The molecule has 0 heterocycles. The van der Waals surface area contributed by atoms with Gasteiger partial charge in [-0.2, -0.15) is 0 Å². The van der Waals surface area contributed by atoms with Gasteiger partial charge in [-0.15, -0.1) is 0 Å². The smallest absolute Gasteiger partial charge is 0.530 e. The minimum atomic E-state index is -1.58. The Labute approximate surface area is 109 Å². The summed E-state index contributed by atoms with van der Waals surface area (Å²) in [5.74, 6) is 0. The molecule has 0 aliphatic rings. The maximum Gasteiger partial charge on any atom is 4.00 e. The summed E-state index contributed by atoms with van der Waals surface area (Å²) in [4.78, 5) is 34.7. The van der Waals surface area contributed by atoms with Crippen LogP contribution in [0.4, 0.5) is 19.2 Å². The third-order valence-electron chi connectivity index (χ3n) is 0. The van der Waals surface area contributed by atoms with E-state index in [1.54, 1.807) is 0 Å². The van der Waals surface area contributed by atoms with E-state index in [4.69, 9.17) is 39.6 Å². The first-order chi connectivity index (χ1) is 6.93. The van der Waals surface area contributed by atoms with E-state index in [1.165, 1.54) is 0 Å². The molecule has 4 amide bonds. The molecule has 0 aromatic heterocycles. The van der Waals surface area contributed by atoms with Crippen LogP contribution in [0, 0.1) is 0 Å². The van der Waals surface area contributed by atoms with Crippen molar-refractivity contribution in [3.05, 3.63) is 0 Å². The molecule has 0 fully saturated rings. The van der Waals surface area contributed by atoms with E-state index in [9.17, 15) is 0 Å². The Morgan fingerprint density at radius 3 is 0.529 bits per heavy atom. The third-order valence-corrected chi connectivity index (χ3v) is 0. The van der Waals surface area contributed by atoms with Crippen molar-refractivity contribution < 1.29 is 61.3 Å². The van der Waals surface area contributed by atoms with Crippen molar-refractivity contribution in [3.63, 3.8) is 0 Å². The maximum atomic E-state index is 8.67. The zero-order chi connectivity index (χ0) is 14.3. The van der Waals surface area contributed by atoms with Gasteiger partial charge < -0.3 is 62.5 Å². The van der Waals surface area contributed by atoms with Gasteiger partial charge in [-0.1, -0.05) is 0 Å². The standard InChI is InChI=1S/4CH3NO2.Ti/c4*2-1(3)4;/h4*2H2,(H,3,4);/q;;;;+4/p-4. The molecule has 0 aliphatic carbocycles. The Hall–Kier alpha value is -2.21. The number of hydrogen-bond acceptors (Lipinski definition) is 8. The molecule has 0 atom stereocenters. The molecular weight excluding hydrogens is 280 g/mol. The zero-order valence-corrected chi connectivity index (χ0v) is 9.64. The van der Waals surface area contributed by atoms with Gasteiger partial charge in [0, 0.05) is 0 Å². The molecule has 0 saturated carbocycles. The number of hydrogen-bond donors (Lipinski definition) is 4. The van der Waals surface area contributed by atoms with Crippen LogP contribution in [0.2, 0.25) is 0 Å². The van der Waals surface area contributed by atoms with Gasteiger partial charge in [0.25, 0.3) is 0 Å². The van der Waals surface area contributed by atoms with E-state index < -0.39 is 24.4 Å². The van der Waals surface area contributed by atoms with E-state index in [-0.39, 0.29) is 21.7 Å². The molecule has 0 spiro atoms. The summed E-state index contributed by atoms with van der Waals surface area (Å²) in [5, 5.41) is 34.7. The van der Waals surface area contributed by atoms with Crippen molar-refractivity contribution in [2.24, 2.45) is 22.9 Å². The van der Waals surface area contributed by atoms with Gasteiger partial charge in [0.15, 0.2) is 0 Å². The Morgan fingerprint density at radius 1 is 0.529 bits per heavy atom. The molecule has 0 aromatic carbocycles. The fraction of sp³-hybridized carbons (Fsp3) is 0. The number of carbonyl (C=O) groups excluding carboxylic acids is 4. The van der Waals surface area contributed by atoms with Gasteiger partial charge in [-0.3, -0.25) is 0 Å². The molecule has 0 aliphatic heterocycles. The molecule has 0 radical (unpaired) electrons. The molecule has 17 heavy (non-hydrogen) atoms. The minimum Gasteiger partial charge on any atom is -0.530 e. The van der Waals surface area contributed by atoms with Crippen molar-refractivity contribution in [3.8, 4) is 0 Å². The van der Waals surface area contributed by atoms with E-state index >= 15 is 0 Å². The van der Waals surface area contributed by atoms with Crippen molar-refractivity contribution in [1.29, 1.82) is 0 Å². The normalized spacial score (nSPS) is 5.65. The molecule has 13 heteroatoms. The molecule has 0 aromatic rings. The predicted molar refractivity (Wildman–Crippen MR) is 38.3 cm³/mol. The van der Waals surface area contributed by atoms with Gasteiger partial charge in [0.05, 0.1) is 0 Å². The fourth-order valence-electron chi connectivity index (χ4n) is 0. The molecule has 0 unspecified atom stereocenters. The van der Waals surface area contributed by atoms with Crippen molar-refractivity contribution in [1.82, 2.24) is 0 Å². The van der Waals surface area contributed by atoms with Gasteiger partial charge in [-0.25, -0.2) is 0 Å². The summed E-state index contributed by atoms with van der Waals surface area (Å²) < 4.78 is 0. The number of nitrogens with two attached hydrogens (primary N) is 4. The Bertz CT molecular complexity index is 170. The quantitative estimate of drug-likeness (QED) is 0.310. The van der Waals surface area contributed by atoms with Crippen LogP contribution in [0.25, 0.3) is 0 Å². The summed E-state index contributed by atoms with van der Waals surface area (Å²) >= 11 is 0. The molecule has 8 N–H and O–H groups in total. The van der Waals surface area contributed by atoms with E-state index in [1.807, 2.05) is 0 Å². The third kappa shape index (κ3) is 394. The number of primary amides is 4. The maximum absolute atomic E-state index is 8.67. The van der Waals surface area contributed by atoms with E-state index in [0.29, 0.717) is 0 Å². The van der Waals surface area contributed by atoms with Crippen LogP contribution in [-0.2, 0) is 21.7 Å². The van der Waals surface area contributed by atoms with E-state index in [2.05, 4.69) is 22.9 Å². The van der Waals surface area contributed by atoms with Crippen LogP contribution in [0.3, 0.4) is 0 Å². The van der Waals surface area contributed by atoms with Crippen molar-refractivity contribution in [2.75, 3.05) is 0 Å². The van der Waals surface area contributed by atoms with Gasteiger partial charge >= 0.3 is 21.7 Å². The summed E-state index contributed by atoms with van der Waals surface area (Å²) in [6.07, 6.45) is -6.33. The first-order valence-corrected chi connectivity index (χ1v) is 2.79. The van der Waals surface area contributed by atoms with Crippen molar-refractivity contribution >= 4 is 24.4 Å². The van der Waals surface area contributed by atoms with Gasteiger partial charge in [0.1, 0.15) is 24.4 Å². The second-order valence-electron chi connectivity index (χ2n) is 1.28. The van der Waals surface area contributed by atoms with Crippen LogP contribution in [0.5, 0.6) is 0 Å². The number of carboxylic acid groups (broad SMARTS) is 4. The molecule has 96 valence electrons. The SMILES string of the molecule is NC(=O)[O-].NC(=O)[O-].NC(=O)[O-].NC(=O)[O-].[Ti+4]. The summed E-state index contributed by atoms with van der Waals surface area (Å²) in [6, 6.07) is 0. The van der Waals surface area contributed by atoms with Crippen LogP contribution < -0.4 is 43.4 Å². The van der Waals surface area contributed by atoms with Gasteiger partial charge in [-0.05, 0) is 0 Å². The second-order valence-corrected chi connectivity index (χ2v) is 1.28. The summed E-state index contributed by atoms with van der Waals surface area (Å²) in [7, 11) is 0. The molecular formula is C4H8N4O8Ti. The zero-order valence-electron chi connectivity index (χ0n) is 8.08.